The van der Waals surface area contributed by atoms with Crippen LogP contribution in [0.5, 0.6) is 0 Å². The molecule has 1 aromatic heterocycles. The number of aromatic nitrogens is 1. The maximum Gasteiger partial charge on any atom is 0.316 e. The summed E-state index contributed by atoms with van der Waals surface area (Å²) in [5.41, 5.74) is 1.28. The topological polar surface area (TPSA) is 123 Å². The molecule has 3 heterocycles. The summed E-state index contributed by atoms with van der Waals surface area (Å²) in [6, 6.07) is 4.12. The van der Waals surface area contributed by atoms with Crippen LogP contribution in [0.1, 0.15) is 88.7 Å². The highest BCUT2D eigenvalue weighted by Crippen LogP contribution is 2.65. The van der Waals surface area contributed by atoms with E-state index in [9.17, 15) is 24.0 Å². The molecule has 1 N–H and O–H groups in total. The molecule has 9 nitrogen and oxygen atoms in total. The Morgan fingerprint density at radius 3 is 2.49 bits per heavy atom. The van der Waals surface area contributed by atoms with Crippen LogP contribution in [0.3, 0.4) is 0 Å². The average molecular weight is 594 g/mol. The molecular weight excluding hydrogens is 562 g/mol. The van der Waals surface area contributed by atoms with Crippen molar-refractivity contribution in [2.45, 2.75) is 74.0 Å². The molecule has 41 heavy (non-hydrogen) atoms. The molecule has 0 spiro atoms. The summed E-state index contributed by atoms with van der Waals surface area (Å²) in [4.78, 5) is 70.4. The van der Waals surface area contributed by atoms with Crippen LogP contribution in [0, 0.1) is 23.2 Å². The van der Waals surface area contributed by atoms with Crippen LogP contribution in [-0.2, 0) is 24.9 Å². The molecule has 11 heteroatoms. The van der Waals surface area contributed by atoms with E-state index in [0.29, 0.717) is 28.4 Å². The Morgan fingerprint density at radius 2 is 1.83 bits per heavy atom. The Kier molecular flexibility index (Phi) is 6.57. The van der Waals surface area contributed by atoms with Crippen LogP contribution in [0.4, 0.5) is 0 Å². The van der Waals surface area contributed by atoms with Gasteiger partial charge in [-0.3, -0.25) is 34.2 Å². The number of thiazole rings is 1. The minimum absolute atomic E-state index is 0.0728. The lowest BCUT2D eigenvalue weighted by atomic mass is 9.46. The number of fused-ring (bicyclic) bond motifs is 1. The van der Waals surface area contributed by atoms with Gasteiger partial charge in [0.15, 0.2) is 0 Å². The smallest absolute Gasteiger partial charge is 0.316 e. The van der Waals surface area contributed by atoms with Crippen molar-refractivity contribution in [1.82, 2.24) is 15.2 Å². The average Bonchev–Trinajstić information content (AvgIpc) is 3.49. The van der Waals surface area contributed by atoms with Gasteiger partial charge in [-0.2, -0.15) is 0 Å². The lowest BCUT2D eigenvalue weighted by molar-refractivity contribution is -0.153. The predicted octanol–water partition coefficient (Wildman–Crippen LogP) is 4.31. The summed E-state index contributed by atoms with van der Waals surface area (Å²) in [5.74, 6) is -0.0645. The van der Waals surface area contributed by atoms with Crippen molar-refractivity contribution in [2.24, 2.45) is 23.2 Å². The van der Waals surface area contributed by atoms with Crippen LogP contribution >= 0.6 is 23.1 Å². The fourth-order valence-corrected chi connectivity index (χ4v) is 10.7. The molecule has 4 aliphatic carbocycles. The van der Waals surface area contributed by atoms with Gasteiger partial charge in [0, 0.05) is 22.4 Å². The normalized spacial score (nSPS) is 30.9. The van der Waals surface area contributed by atoms with Gasteiger partial charge in [0.05, 0.1) is 23.9 Å². The maximum absolute atomic E-state index is 13.4. The zero-order chi connectivity index (χ0) is 28.5. The number of hydrogen-bond acceptors (Lipinski definition) is 9. The molecule has 8 rings (SSSR count). The molecule has 2 unspecified atom stereocenters. The van der Waals surface area contributed by atoms with Crippen molar-refractivity contribution in [2.75, 3.05) is 7.11 Å². The number of nitrogens with one attached hydrogen (secondary N) is 1. The van der Waals surface area contributed by atoms with E-state index in [1.807, 2.05) is 5.38 Å². The summed E-state index contributed by atoms with van der Waals surface area (Å²) >= 11 is 2.91. The molecule has 214 valence electrons. The Hall–Kier alpha value is -3.05. The third-order valence-corrected chi connectivity index (χ3v) is 11.8. The molecular formula is C30H31N3O6S2. The molecule has 4 bridgehead atoms. The van der Waals surface area contributed by atoms with Gasteiger partial charge in [-0.25, -0.2) is 4.98 Å². The first-order valence-electron chi connectivity index (χ1n) is 14.3. The SMILES string of the molecule is COC(=O)C(c1nc(CSc2cccc3c2C(=O)N(C2CCC(=O)NC2=O)C3=O)cs1)C12CC3CC(CC(C3)C1)C2. The molecule has 4 saturated carbocycles. The molecule has 2 aromatic rings. The zero-order valence-corrected chi connectivity index (χ0v) is 24.4. The highest BCUT2D eigenvalue weighted by Gasteiger charge is 2.57. The second-order valence-corrected chi connectivity index (χ2v) is 14.2. The van der Waals surface area contributed by atoms with Gasteiger partial charge in [-0.1, -0.05) is 6.07 Å². The molecule has 6 aliphatic rings. The van der Waals surface area contributed by atoms with E-state index in [2.05, 4.69) is 5.32 Å². The first-order chi connectivity index (χ1) is 19.8. The van der Waals surface area contributed by atoms with E-state index in [1.165, 1.54) is 49.5 Å². The van der Waals surface area contributed by atoms with E-state index in [0.717, 1.165) is 34.9 Å². The molecule has 5 fully saturated rings. The van der Waals surface area contributed by atoms with Crippen molar-refractivity contribution in [1.29, 1.82) is 0 Å². The number of rotatable bonds is 7. The van der Waals surface area contributed by atoms with Gasteiger partial charge >= 0.3 is 5.97 Å². The summed E-state index contributed by atoms with van der Waals surface area (Å²) in [6.07, 6.45) is 7.26. The monoisotopic (exact) mass is 593 g/mol. The number of carbonyl (C=O) groups excluding carboxylic acids is 5. The first kappa shape index (κ1) is 26.8. The number of nitrogens with zero attached hydrogens (tertiary/aromatic N) is 2. The molecule has 1 saturated heterocycles. The van der Waals surface area contributed by atoms with Crippen molar-refractivity contribution in [3.63, 3.8) is 0 Å². The van der Waals surface area contributed by atoms with E-state index in [1.54, 1.807) is 18.2 Å². The van der Waals surface area contributed by atoms with Crippen LogP contribution in [0.2, 0.25) is 0 Å². The number of thioether (sulfide) groups is 1. The number of imide groups is 2. The number of benzene rings is 1. The third-order valence-electron chi connectivity index (χ3n) is 9.76. The molecule has 2 atom stereocenters. The highest BCUT2D eigenvalue weighted by atomic mass is 32.2. The minimum atomic E-state index is -1.00. The van der Waals surface area contributed by atoms with Crippen LogP contribution < -0.4 is 5.32 Å². The second kappa shape index (κ2) is 10.0. The number of esters is 1. The lowest BCUT2D eigenvalue weighted by Gasteiger charge is -2.58. The fraction of sp³-hybridized carbons (Fsp3) is 0.533. The number of piperidine rings is 1. The Labute approximate surface area is 245 Å². The molecule has 4 amide bonds. The van der Waals surface area contributed by atoms with Gasteiger partial charge in [0.2, 0.25) is 11.8 Å². The number of hydrogen-bond donors (Lipinski definition) is 1. The molecule has 2 aliphatic heterocycles. The summed E-state index contributed by atoms with van der Waals surface area (Å²) in [6.45, 7) is 0. The van der Waals surface area contributed by atoms with Gasteiger partial charge in [0.1, 0.15) is 17.0 Å². The molecule has 0 radical (unpaired) electrons. The lowest BCUT2D eigenvalue weighted by Crippen LogP contribution is -2.54. The Morgan fingerprint density at radius 1 is 1.12 bits per heavy atom. The molecule has 1 aromatic carbocycles. The minimum Gasteiger partial charge on any atom is -0.468 e. The summed E-state index contributed by atoms with van der Waals surface area (Å²) < 4.78 is 5.34. The second-order valence-electron chi connectivity index (χ2n) is 12.3. The summed E-state index contributed by atoms with van der Waals surface area (Å²) in [5, 5.41) is 5.02. The third kappa shape index (κ3) is 4.43. The van der Waals surface area contributed by atoms with Crippen molar-refractivity contribution >= 4 is 52.7 Å². The number of carbonyl (C=O) groups is 5. The van der Waals surface area contributed by atoms with Crippen LogP contribution in [0.15, 0.2) is 28.5 Å². The van der Waals surface area contributed by atoms with Crippen molar-refractivity contribution < 1.29 is 28.7 Å². The quantitative estimate of drug-likeness (QED) is 0.286. The van der Waals surface area contributed by atoms with Gasteiger partial charge in [0.25, 0.3) is 11.8 Å². The standard InChI is InChI=1S/C30H31N3O6S2/c1-39-29(38)24(30-10-15-7-16(11-30)9-17(8-15)12-30)26-31-18(14-41-26)13-40-21-4-2-3-19-23(21)28(37)33(27(19)36)20-5-6-22(34)32-25(20)35/h2-4,14-17,20,24H,5-13H2,1H3,(H,32,34,35). The summed E-state index contributed by atoms with van der Waals surface area (Å²) in [7, 11) is 1.46. The Balaban J connectivity index is 1.11. The van der Waals surface area contributed by atoms with E-state index in [4.69, 9.17) is 9.72 Å². The van der Waals surface area contributed by atoms with Crippen LogP contribution in [0.25, 0.3) is 0 Å². The predicted molar refractivity (Wildman–Crippen MR) is 150 cm³/mol. The van der Waals surface area contributed by atoms with Gasteiger partial charge in [-0.15, -0.1) is 23.1 Å². The van der Waals surface area contributed by atoms with Crippen molar-refractivity contribution in [3.8, 4) is 0 Å². The van der Waals surface area contributed by atoms with E-state index < -0.39 is 29.7 Å². The first-order valence-corrected chi connectivity index (χ1v) is 16.1. The van der Waals surface area contributed by atoms with E-state index in [-0.39, 0.29) is 41.3 Å². The van der Waals surface area contributed by atoms with Gasteiger partial charge < -0.3 is 4.74 Å². The maximum atomic E-state index is 13.4. The van der Waals surface area contributed by atoms with Crippen molar-refractivity contribution in [3.05, 3.63) is 45.4 Å². The number of methoxy groups -OCH3 is 1. The number of amides is 4. The Bertz CT molecular complexity index is 1450. The zero-order valence-electron chi connectivity index (χ0n) is 22.7. The van der Waals surface area contributed by atoms with E-state index >= 15 is 0 Å². The van der Waals surface area contributed by atoms with Gasteiger partial charge in [-0.05, 0) is 80.2 Å². The highest BCUT2D eigenvalue weighted by molar-refractivity contribution is 7.98. The number of ether oxygens (including phenoxy) is 1. The fourth-order valence-electron chi connectivity index (χ4n) is 8.54. The van der Waals surface area contributed by atoms with Crippen LogP contribution in [-0.4, -0.2) is 52.6 Å². The largest absolute Gasteiger partial charge is 0.468 e.